The summed E-state index contributed by atoms with van der Waals surface area (Å²) in [5.41, 5.74) is 7.75. The number of benzene rings is 1. The van der Waals surface area contributed by atoms with Gasteiger partial charge in [-0.2, -0.15) is 0 Å². The number of carbonyl (C=O) groups excluding carboxylic acids is 1. The molecule has 0 bridgehead atoms. The molecule has 1 unspecified atom stereocenters. The molecule has 0 aliphatic heterocycles. The molecule has 3 heteroatoms. The van der Waals surface area contributed by atoms with Gasteiger partial charge >= 0.3 is 0 Å². The topological polar surface area (TPSA) is 55.1 Å². The molecule has 92 valence electrons. The SMILES string of the molecule is CC1(C)CC1C(=O)Nc1ccc(CCN)cc1. The van der Waals surface area contributed by atoms with Crippen LogP contribution in [0.5, 0.6) is 0 Å². The molecule has 1 aliphatic rings. The molecular formula is C14H20N2O. The lowest BCUT2D eigenvalue weighted by atomic mass is 10.1. The number of hydrogen-bond acceptors (Lipinski definition) is 2. The number of nitrogens with one attached hydrogen (secondary N) is 1. The Labute approximate surface area is 102 Å². The largest absolute Gasteiger partial charge is 0.330 e. The van der Waals surface area contributed by atoms with E-state index in [1.807, 2.05) is 24.3 Å². The lowest BCUT2D eigenvalue weighted by Crippen LogP contribution is -2.16. The molecule has 1 aromatic carbocycles. The highest BCUT2D eigenvalue weighted by molar-refractivity contribution is 5.94. The molecule has 1 amide bonds. The van der Waals surface area contributed by atoms with Crippen LogP contribution in [0.25, 0.3) is 0 Å². The van der Waals surface area contributed by atoms with E-state index in [0.717, 1.165) is 18.5 Å². The van der Waals surface area contributed by atoms with Gasteiger partial charge in [-0.25, -0.2) is 0 Å². The minimum Gasteiger partial charge on any atom is -0.330 e. The lowest BCUT2D eigenvalue weighted by Gasteiger charge is -2.07. The summed E-state index contributed by atoms with van der Waals surface area (Å²) >= 11 is 0. The van der Waals surface area contributed by atoms with Crippen molar-refractivity contribution >= 4 is 11.6 Å². The van der Waals surface area contributed by atoms with Gasteiger partial charge in [0.15, 0.2) is 0 Å². The molecule has 1 aromatic rings. The number of carbonyl (C=O) groups is 1. The van der Waals surface area contributed by atoms with E-state index in [1.165, 1.54) is 5.56 Å². The van der Waals surface area contributed by atoms with Crippen LogP contribution in [-0.4, -0.2) is 12.5 Å². The highest BCUT2D eigenvalue weighted by atomic mass is 16.2. The summed E-state index contributed by atoms with van der Waals surface area (Å²) in [7, 11) is 0. The van der Waals surface area contributed by atoms with Crippen molar-refractivity contribution in [3.05, 3.63) is 29.8 Å². The average molecular weight is 232 g/mol. The number of anilines is 1. The van der Waals surface area contributed by atoms with Crippen LogP contribution in [0, 0.1) is 11.3 Å². The zero-order chi connectivity index (χ0) is 12.5. The molecule has 3 N–H and O–H groups in total. The summed E-state index contributed by atoms with van der Waals surface area (Å²) in [5, 5.41) is 2.96. The number of amides is 1. The second kappa shape index (κ2) is 4.49. The maximum Gasteiger partial charge on any atom is 0.228 e. The second-order valence-electron chi connectivity index (χ2n) is 5.47. The maximum absolute atomic E-state index is 11.9. The Bertz CT molecular complexity index is 409. The summed E-state index contributed by atoms with van der Waals surface area (Å²) in [5.74, 6) is 0.313. The molecule has 1 fully saturated rings. The molecule has 1 atom stereocenters. The van der Waals surface area contributed by atoms with E-state index in [1.54, 1.807) is 0 Å². The van der Waals surface area contributed by atoms with Crippen LogP contribution in [0.4, 0.5) is 5.69 Å². The Morgan fingerprint density at radius 3 is 2.47 bits per heavy atom. The second-order valence-corrected chi connectivity index (χ2v) is 5.47. The number of nitrogens with two attached hydrogens (primary N) is 1. The van der Waals surface area contributed by atoms with Crippen LogP contribution in [0.15, 0.2) is 24.3 Å². The van der Waals surface area contributed by atoms with Crippen LogP contribution in [0.3, 0.4) is 0 Å². The molecule has 1 saturated carbocycles. The van der Waals surface area contributed by atoms with Crippen LogP contribution >= 0.6 is 0 Å². The van der Waals surface area contributed by atoms with Crippen molar-refractivity contribution in [3.8, 4) is 0 Å². The first-order valence-corrected chi connectivity index (χ1v) is 6.13. The fraction of sp³-hybridized carbons (Fsp3) is 0.500. The number of rotatable bonds is 4. The van der Waals surface area contributed by atoms with Gasteiger partial charge in [0.25, 0.3) is 0 Å². The third-order valence-corrected chi connectivity index (χ3v) is 3.48. The molecule has 17 heavy (non-hydrogen) atoms. The van der Waals surface area contributed by atoms with E-state index in [2.05, 4.69) is 19.2 Å². The van der Waals surface area contributed by atoms with Gasteiger partial charge in [0.05, 0.1) is 0 Å². The van der Waals surface area contributed by atoms with Crippen molar-refractivity contribution in [1.29, 1.82) is 0 Å². The van der Waals surface area contributed by atoms with Gasteiger partial charge < -0.3 is 11.1 Å². The summed E-state index contributed by atoms with van der Waals surface area (Å²) in [6.45, 7) is 4.91. The van der Waals surface area contributed by atoms with E-state index < -0.39 is 0 Å². The van der Waals surface area contributed by atoms with E-state index in [0.29, 0.717) is 6.54 Å². The zero-order valence-corrected chi connectivity index (χ0v) is 10.5. The normalized spacial score (nSPS) is 21.0. The molecule has 0 aromatic heterocycles. The Morgan fingerprint density at radius 2 is 2.00 bits per heavy atom. The zero-order valence-electron chi connectivity index (χ0n) is 10.5. The smallest absolute Gasteiger partial charge is 0.228 e. The van der Waals surface area contributed by atoms with Gasteiger partial charge in [0.1, 0.15) is 0 Å². The van der Waals surface area contributed by atoms with Crippen molar-refractivity contribution in [2.24, 2.45) is 17.1 Å². The van der Waals surface area contributed by atoms with Crippen molar-refractivity contribution in [2.45, 2.75) is 26.7 Å². The number of hydrogen-bond donors (Lipinski definition) is 2. The molecule has 0 heterocycles. The van der Waals surface area contributed by atoms with Crippen molar-refractivity contribution in [2.75, 3.05) is 11.9 Å². The molecule has 0 radical (unpaired) electrons. The van der Waals surface area contributed by atoms with Crippen LogP contribution in [0.1, 0.15) is 25.8 Å². The predicted octanol–water partition coefficient (Wildman–Crippen LogP) is 2.17. The minimum absolute atomic E-state index is 0.140. The fourth-order valence-electron chi connectivity index (χ4n) is 2.07. The molecular weight excluding hydrogens is 212 g/mol. The predicted molar refractivity (Wildman–Crippen MR) is 69.7 cm³/mol. The van der Waals surface area contributed by atoms with Crippen LogP contribution in [0.2, 0.25) is 0 Å². The van der Waals surface area contributed by atoms with Crippen LogP contribution in [-0.2, 0) is 11.2 Å². The van der Waals surface area contributed by atoms with Gasteiger partial charge in [0, 0.05) is 11.6 Å². The van der Waals surface area contributed by atoms with E-state index in [9.17, 15) is 4.79 Å². The monoisotopic (exact) mass is 232 g/mol. The lowest BCUT2D eigenvalue weighted by molar-refractivity contribution is -0.117. The minimum atomic E-state index is 0.140. The maximum atomic E-state index is 11.9. The Balaban J connectivity index is 1.93. The quantitative estimate of drug-likeness (QED) is 0.836. The Hall–Kier alpha value is -1.35. The highest BCUT2D eigenvalue weighted by Gasteiger charge is 2.50. The summed E-state index contributed by atoms with van der Waals surface area (Å²) in [6.07, 6.45) is 1.87. The van der Waals surface area contributed by atoms with Gasteiger partial charge in [0.2, 0.25) is 5.91 Å². The first-order chi connectivity index (χ1) is 8.03. The van der Waals surface area contributed by atoms with Crippen molar-refractivity contribution < 1.29 is 4.79 Å². The summed E-state index contributed by atoms with van der Waals surface area (Å²) in [4.78, 5) is 11.9. The first-order valence-electron chi connectivity index (χ1n) is 6.13. The average Bonchev–Trinajstić information content (AvgIpc) is 2.91. The summed E-state index contributed by atoms with van der Waals surface area (Å²) in [6, 6.07) is 7.91. The van der Waals surface area contributed by atoms with Gasteiger partial charge in [-0.15, -0.1) is 0 Å². The standard InChI is InChI=1S/C14H20N2O/c1-14(2)9-12(14)13(17)16-11-5-3-10(4-6-11)7-8-15/h3-6,12H,7-9,15H2,1-2H3,(H,16,17). The molecule has 0 spiro atoms. The molecule has 1 aliphatic carbocycles. The van der Waals surface area contributed by atoms with Crippen molar-refractivity contribution in [1.82, 2.24) is 0 Å². The summed E-state index contributed by atoms with van der Waals surface area (Å²) < 4.78 is 0. The fourth-order valence-corrected chi connectivity index (χ4v) is 2.07. The van der Waals surface area contributed by atoms with Crippen molar-refractivity contribution in [3.63, 3.8) is 0 Å². The molecule has 2 rings (SSSR count). The Kier molecular flexibility index (Phi) is 3.20. The first kappa shape index (κ1) is 12.1. The third kappa shape index (κ3) is 2.86. The highest BCUT2D eigenvalue weighted by Crippen LogP contribution is 2.51. The van der Waals surface area contributed by atoms with E-state index in [4.69, 9.17) is 5.73 Å². The molecule has 0 saturated heterocycles. The van der Waals surface area contributed by atoms with E-state index >= 15 is 0 Å². The third-order valence-electron chi connectivity index (χ3n) is 3.48. The molecule has 3 nitrogen and oxygen atoms in total. The van der Waals surface area contributed by atoms with Gasteiger partial charge in [-0.05, 0) is 42.5 Å². The Morgan fingerprint density at radius 1 is 1.41 bits per heavy atom. The van der Waals surface area contributed by atoms with Crippen LogP contribution < -0.4 is 11.1 Å². The van der Waals surface area contributed by atoms with E-state index in [-0.39, 0.29) is 17.2 Å². The van der Waals surface area contributed by atoms with Gasteiger partial charge in [-0.3, -0.25) is 4.79 Å². The van der Waals surface area contributed by atoms with Gasteiger partial charge in [-0.1, -0.05) is 26.0 Å².